The maximum Gasteiger partial charge on any atom is 0.289 e. The highest BCUT2D eigenvalue weighted by molar-refractivity contribution is 7.90. The van der Waals surface area contributed by atoms with Gasteiger partial charge < -0.3 is 0 Å². The fourth-order valence-corrected chi connectivity index (χ4v) is 2.82. The molecule has 114 valence electrons. The van der Waals surface area contributed by atoms with Gasteiger partial charge >= 0.3 is 0 Å². The van der Waals surface area contributed by atoms with Gasteiger partial charge in [-0.1, -0.05) is 12.1 Å². The summed E-state index contributed by atoms with van der Waals surface area (Å²) in [7, 11) is -4.43. The Kier molecular flexibility index (Phi) is 4.18. The highest BCUT2D eigenvalue weighted by atomic mass is 32.2. The van der Waals surface area contributed by atoms with Crippen LogP contribution in [0.15, 0.2) is 53.4 Å². The average Bonchev–Trinajstić information content (AvgIpc) is 2.47. The van der Waals surface area contributed by atoms with Crippen molar-refractivity contribution in [2.24, 2.45) is 0 Å². The summed E-state index contributed by atoms with van der Waals surface area (Å²) in [6.45, 7) is 0. The van der Waals surface area contributed by atoms with Gasteiger partial charge in [0.1, 0.15) is 5.82 Å². The second-order valence-electron chi connectivity index (χ2n) is 4.17. The van der Waals surface area contributed by atoms with Crippen LogP contribution in [0.1, 0.15) is 10.4 Å². The van der Waals surface area contributed by atoms with Crippen molar-refractivity contribution < 1.29 is 22.5 Å². The number of nitro benzene ring substituents is 1. The average molecular weight is 324 g/mol. The van der Waals surface area contributed by atoms with Crippen LogP contribution >= 0.6 is 0 Å². The van der Waals surface area contributed by atoms with E-state index in [-0.39, 0.29) is 5.56 Å². The molecule has 0 saturated heterocycles. The van der Waals surface area contributed by atoms with Gasteiger partial charge in [-0.3, -0.25) is 14.9 Å². The molecule has 0 bridgehead atoms. The first-order valence-corrected chi connectivity index (χ1v) is 7.36. The second-order valence-corrected chi connectivity index (χ2v) is 5.82. The van der Waals surface area contributed by atoms with Crippen molar-refractivity contribution in [2.45, 2.75) is 4.90 Å². The minimum absolute atomic E-state index is 0.0939. The number of benzene rings is 2. The van der Waals surface area contributed by atoms with Crippen LogP contribution in [0.2, 0.25) is 0 Å². The highest BCUT2D eigenvalue weighted by Gasteiger charge is 2.27. The summed E-state index contributed by atoms with van der Waals surface area (Å²) in [6, 6.07) is 8.80. The molecule has 0 fully saturated rings. The molecule has 9 heteroatoms. The van der Waals surface area contributed by atoms with E-state index in [1.165, 1.54) is 12.1 Å². The molecule has 7 nitrogen and oxygen atoms in total. The number of carbonyl (C=O) groups excluding carboxylic acids is 1. The summed E-state index contributed by atoms with van der Waals surface area (Å²) in [6.07, 6.45) is 0. The minimum Gasteiger partial charge on any atom is -0.268 e. The predicted octanol–water partition coefficient (Wildman–Crippen LogP) is 1.85. The van der Waals surface area contributed by atoms with E-state index in [0.29, 0.717) is 0 Å². The lowest BCUT2D eigenvalue weighted by molar-refractivity contribution is -0.387. The number of para-hydroxylation sites is 1. The highest BCUT2D eigenvalue weighted by Crippen LogP contribution is 2.22. The largest absolute Gasteiger partial charge is 0.289 e. The Hall–Kier alpha value is -2.81. The molecule has 0 aliphatic rings. The molecular weight excluding hydrogens is 315 g/mol. The van der Waals surface area contributed by atoms with Crippen molar-refractivity contribution >= 4 is 21.6 Å². The SMILES string of the molecule is O=C(NS(=O)(=O)c1ccccc1[N+](=O)[O-])c1ccc(F)cc1. The minimum atomic E-state index is -4.43. The topological polar surface area (TPSA) is 106 Å². The van der Waals surface area contributed by atoms with E-state index in [0.717, 1.165) is 36.4 Å². The molecule has 0 aliphatic heterocycles. The summed E-state index contributed by atoms with van der Waals surface area (Å²) in [4.78, 5) is 21.2. The van der Waals surface area contributed by atoms with Crippen LogP contribution in [0.5, 0.6) is 0 Å². The van der Waals surface area contributed by atoms with E-state index in [1.807, 2.05) is 0 Å². The van der Waals surface area contributed by atoms with Crippen molar-refractivity contribution in [3.05, 3.63) is 70.0 Å². The van der Waals surface area contributed by atoms with E-state index >= 15 is 0 Å². The van der Waals surface area contributed by atoms with Gasteiger partial charge in [-0.2, -0.15) is 0 Å². The van der Waals surface area contributed by atoms with Crippen LogP contribution in [0.25, 0.3) is 0 Å². The Morgan fingerprint density at radius 1 is 1.09 bits per heavy atom. The molecule has 0 atom stereocenters. The molecule has 2 rings (SSSR count). The molecular formula is C13H9FN2O5S. The van der Waals surface area contributed by atoms with Crippen LogP contribution in [0, 0.1) is 15.9 Å². The molecule has 0 radical (unpaired) electrons. The van der Waals surface area contributed by atoms with Gasteiger partial charge in [-0.05, 0) is 30.3 Å². The maximum absolute atomic E-state index is 12.8. The van der Waals surface area contributed by atoms with Crippen LogP contribution in [-0.2, 0) is 10.0 Å². The standard InChI is InChI=1S/C13H9FN2O5S/c14-10-7-5-9(6-8-10)13(17)15-22(20,21)12-4-2-1-3-11(12)16(18)19/h1-8H,(H,15,17). The Morgan fingerprint density at radius 2 is 1.68 bits per heavy atom. The van der Waals surface area contributed by atoms with Crippen molar-refractivity contribution in [3.8, 4) is 0 Å². The smallest absolute Gasteiger partial charge is 0.268 e. The van der Waals surface area contributed by atoms with Crippen LogP contribution in [-0.4, -0.2) is 19.2 Å². The van der Waals surface area contributed by atoms with Crippen molar-refractivity contribution in [1.29, 1.82) is 0 Å². The molecule has 0 spiro atoms. The molecule has 22 heavy (non-hydrogen) atoms. The molecule has 2 aromatic carbocycles. The van der Waals surface area contributed by atoms with Crippen molar-refractivity contribution in [2.75, 3.05) is 0 Å². The number of nitrogens with zero attached hydrogens (tertiary/aromatic N) is 1. The number of sulfonamides is 1. The Balaban J connectivity index is 2.34. The number of nitro groups is 1. The molecule has 0 aliphatic carbocycles. The molecule has 0 unspecified atom stereocenters. The summed E-state index contributed by atoms with van der Waals surface area (Å²) in [5.74, 6) is -1.60. The fourth-order valence-electron chi connectivity index (χ4n) is 1.67. The lowest BCUT2D eigenvalue weighted by atomic mass is 10.2. The zero-order valence-corrected chi connectivity index (χ0v) is 11.7. The first-order chi connectivity index (χ1) is 10.3. The van der Waals surface area contributed by atoms with E-state index in [1.54, 1.807) is 4.72 Å². The van der Waals surface area contributed by atoms with E-state index in [4.69, 9.17) is 0 Å². The third-order valence-corrected chi connectivity index (χ3v) is 4.06. The number of nitrogens with one attached hydrogen (secondary N) is 1. The molecule has 0 heterocycles. The molecule has 0 saturated carbocycles. The van der Waals surface area contributed by atoms with Crippen LogP contribution in [0.4, 0.5) is 10.1 Å². The Bertz CT molecular complexity index is 834. The number of rotatable bonds is 4. The lowest BCUT2D eigenvalue weighted by Crippen LogP contribution is -2.31. The zero-order chi connectivity index (χ0) is 16.3. The van der Waals surface area contributed by atoms with Gasteiger partial charge in [0.15, 0.2) is 4.90 Å². The van der Waals surface area contributed by atoms with Gasteiger partial charge in [-0.25, -0.2) is 17.5 Å². The summed E-state index contributed by atoms with van der Waals surface area (Å²) < 4.78 is 38.7. The predicted molar refractivity (Wildman–Crippen MR) is 74.1 cm³/mol. The van der Waals surface area contributed by atoms with Gasteiger partial charge in [0.2, 0.25) is 0 Å². The molecule has 1 N–H and O–H groups in total. The van der Waals surface area contributed by atoms with Crippen molar-refractivity contribution in [3.63, 3.8) is 0 Å². The third kappa shape index (κ3) is 3.26. The van der Waals surface area contributed by atoms with Crippen molar-refractivity contribution in [1.82, 2.24) is 4.72 Å². The van der Waals surface area contributed by atoms with Gasteiger partial charge in [0, 0.05) is 11.6 Å². The summed E-state index contributed by atoms with van der Waals surface area (Å²) >= 11 is 0. The van der Waals surface area contributed by atoms with Gasteiger partial charge in [-0.15, -0.1) is 0 Å². The van der Waals surface area contributed by atoms with E-state index < -0.39 is 37.3 Å². The summed E-state index contributed by atoms with van der Waals surface area (Å²) in [5, 5.41) is 10.8. The number of amides is 1. The van der Waals surface area contributed by atoms with Gasteiger partial charge in [0.05, 0.1) is 4.92 Å². The van der Waals surface area contributed by atoms with Crippen LogP contribution in [0.3, 0.4) is 0 Å². The van der Waals surface area contributed by atoms with E-state index in [2.05, 4.69) is 0 Å². The number of hydrogen-bond donors (Lipinski definition) is 1. The Morgan fingerprint density at radius 3 is 2.27 bits per heavy atom. The first-order valence-electron chi connectivity index (χ1n) is 5.87. The third-order valence-electron chi connectivity index (χ3n) is 2.68. The number of halogens is 1. The fraction of sp³-hybridized carbons (Fsp3) is 0. The second kappa shape index (κ2) is 5.90. The monoisotopic (exact) mass is 324 g/mol. The lowest BCUT2D eigenvalue weighted by Gasteiger charge is -2.07. The Labute approximate surface area is 124 Å². The first kappa shape index (κ1) is 15.6. The maximum atomic E-state index is 12.8. The molecule has 2 aromatic rings. The zero-order valence-electron chi connectivity index (χ0n) is 10.9. The molecule has 0 aromatic heterocycles. The summed E-state index contributed by atoms with van der Waals surface area (Å²) in [5.41, 5.74) is -0.745. The number of hydrogen-bond acceptors (Lipinski definition) is 5. The quantitative estimate of drug-likeness (QED) is 0.682. The number of carbonyl (C=O) groups is 1. The van der Waals surface area contributed by atoms with E-state index in [9.17, 15) is 27.7 Å². The van der Waals surface area contributed by atoms with Crippen LogP contribution < -0.4 is 4.72 Å². The molecule has 1 amide bonds. The normalized spacial score (nSPS) is 11.0. The van der Waals surface area contributed by atoms with Gasteiger partial charge in [0.25, 0.3) is 21.6 Å².